The van der Waals surface area contributed by atoms with E-state index in [0.29, 0.717) is 12.0 Å². The van der Waals surface area contributed by atoms with Crippen LogP contribution in [-0.4, -0.2) is 13.7 Å². The molecule has 2 bridgehead atoms. The normalized spacial score (nSPS) is 26.0. The third-order valence-corrected chi connectivity index (χ3v) is 5.49. The zero-order valence-electron chi connectivity index (χ0n) is 13.4. The molecule has 2 nitrogen and oxygen atoms in total. The molecule has 4 rings (SSSR count). The van der Waals surface area contributed by atoms with E-state index in [9.17, 15) is 0 Å². The van der Waals surface area contributed by atoms with Crippen molar-refractivity contribution in [3.63, 3.8) is 0 Å². The predicted octanol–water partition coefficient (Wildman–Crippen LogP) is 4.59. The number of rotatable bonds is 6. The van der Waals surface area contributed by atoms with Crippen LogP contribution >= 0.6 is 0 Å². The number of benzene rings is 1. The molecular formula is C19H26O2. The van der Waals surface area contributed by atoms with E-state index >= 15 is 0 Å². The molecule has 1 aromatic carbocycles. The average molecular weight is 286 g/mol. The second-order valence-electron chi connectivity index (χ2n) is 7.04. The van der Waals surface area contributed by atoms with E-state index in [4.69, 9.17) is 9.47 Å². The van der Waals surface area contributed by atoms with Gasteiger partial charge in [0.1, 0.15) is 5.75 Å². The first-order chi connectivity index (χ1) is 10.1. The molecule has 3 aliphatic rings. The molecule has 1 fully saturated rings. The molecule has 3 aliphatic carbocycles. The molecule has 0 saturated heterocycles. The van der Waals surface area contributed by atoms with Crippen molar-refractivity contribution in [1.29, 1.82) is 0 Å². The van der Waals surface area contributed by atoms with Crippen LogP contribution in [0.4, 0.5) is 0 Å². The van der Waals surface area contributed by atoms with Crippen molar-refractivity contribution < 1.29 is 9.47 Å². The first-order valence-electron chi connectivity index (χ1n) is 8.00. The van der Waals surface area contributed by atoms with Gasteiger partial charge in [-0.1, -0.05) is 37.6 Å². The largest absolute Gasteiger partial charge is 0.497 e. The van der Waals surface area contributed by atoms with Crippen LogP contribution in [0.1, 0.15) is 38.7 Å². The number of methoxy groups -OCH3 is 1. The predicted molar refractivity (Wildman–Crippen MR) is 85.3 cm³/mol. The lowest BCUT2D eigenvalue weighted by Gasteiger charge is -2.55. The first-order valence-corrected chi connectivity index (χ1v) is 8.00. The van der Waals surface area contributed by atoms with Crippen LogP contribution in [-0.2, 0) is 11.3 Å². The third-order valence-electron chi connectivity index (χ3n) is 5.49. The lowest BCUT2D eigenvalue weighted by molar-refractivity contribution is -0.00315. The summed E-state index contributed by atoms with van der Waals surface area (Å²) in [6.45, 7) is 6.35. The van der Waals surface area contributed by atoms with E-state index in [1.165, 1.54) is 18.4 Å². The van der Waals surface area contributed by atoms with Crippen molar-refractivity contribution in [3.8, 4) is 5.75 Å². The second kappa shape index (κ2) is 5.84. The van der Waals surface area contributed by atoms with Gasteiger partial charge in [0, 0.05) is 0 Å². The minimum absolute atomic E-state index is 0.549. The summed E-state index contributed by atoms with van der Waals surface area (Å²) in [5.41, 5.74) is 3.37. The molecule has 0 N–H and O–H groups in total. The smallest absolute Gasteiger partial charge is 0.118 e. The number of fused-ring (bicyclic) bond motifs is 1. The Bertz CT molecular complexity index is 513. The van der Waals surface area contributed by atoms with Crippen LogP contribution in [0.25, 0.3) is 0 Å². The minimum Gasteiger partial charge on any atom is -0.497 e. The molecule has 2 heteroatoms. The molecule has 0 heterocycles. The Morgan fingerprint density at radius 3 is 2.52 bits per heavy atom. The molecular weight excluding hydrogens is 260 g/mol. The van der Waals surface area contributed by atoms with Gasteiger partial charge in [0.25, 0.3) is 0 Å². The Hall–Kier alpha value is -1.28. The van der Waals surface area contributed by atoms with Gasteiger partial charge in [0.05, 0.1) is 20.3 Å². The Kier molecular flexibility index (Phi) is 4.08. The van der Waals surface area contributed by atoms with Gasteiger partial charge in [-0.05, 0) is 54.2 Å². The minimum atomic E-state index is 0.549. The van der Waals surface area contributed by atoms with E-state index in [0.717, 1.165) is 30.6 Å². The van der Waals surface area contributed by atoms with Crippen molar-refractivity contribution in [3.05, 3.63) is 41.5 Å². The van der Waals surface area contributed by atoms with Gasteiger partial charge >= 0.3 is 0 Å². The highest BCUT2D eigenvalue weighted by molar-refractivity contribution is 5.26. The monoisotopic (exact) mass is 286 g/mol. The van der Waals surface area contributed by atoms with Crippen LogP contribution in [0.2, 0.25) is 0 Å². The molecule has 1 saturated carbocycles. The molecule has 0 aromatic heterocycles. The van der Waals surface area contributed by atoms with Crippen molar-refractivity contribution in [2.24, 2.45) is 17.3 Å². The van der Waals surface area contributed by atoms with Crippen molar-refractivity contribution in [2.45, 2.75) is 39.7 Å². The molecule has 0 unspecified atom stereocenters. The fourth-order valence-corrected chi connectivity index (χ4v) is 3.65. The summed E-state index contributed by atoms with van der Waals surface area (Å²) in [4.78, 5) is 0. The van der Waals surface area contributed by atoms with Gasteiger partial charge in [-0.2, -0.15) is 0 Å². The lowest BCUT2D eigenvalue weighted by atomic mass is 9.50. The summed E-state index contributed by atoms with van der Waals surface area (Å²) in [7, 11) is 1.69. The Labute approximate surface area is 128 Å². The topological polar surface area (TPSA) is 18.5 Å². The molecule has 114 valence electrons. The number of hydrogen-bond acceptors (Lipinski definition) is 2. The molecule has 0 spiro atoms. The van der Waals surface area contributed by atoms with E-state index in [2.05, 4.69) is 32.1 Å². The van der Waals surface area contributed by atoms with Crippen LogP contribution < -0.4 is 4.74 Å². The maximum absolute atomic E-state index is 5.82. The number of allylic oxidation sites excluding steroid dienone is 1. The standard InChI is InChI=1S/C19H26O2/c1-19(2)16-10-15(11-17(19)12-16)8-9-21-13-14-4-6-18(20-3)7-5-14/h4-7,10,16-17H,8-9,11-13H2,1-3H3/t16-,17+/m1/s1. The fourth-order valence-electron chi connectivity index (χ4n) is 3.65. The van der Waals surface area contributed by atoms with E-state index in [1.807, 2.05) is 12.1 Å². The van der Waals surface area contributed by atoms with Gasteiger partial charge in [-0.3, -0.25) is 0 Å². The zero-order chi connectivity index (χ0) is 14.9. The molecule has 0 aliphatic heterocycles. The van der Waals surface area contributed by atoms with Gasteiger partial charge in [-0.15, -0.1) is 0 Å². The van der Waals surface area contributed by atoms with Crippen LogP contribution in [0.15, 0.2) is 35.9 Å². The summed E-state index contributed by atoms with van der Waals surface area (Å²) in [6, 6.07) is 8.10. The fraction of sp³-hybridized carbons (Fsp3) is 0.579. The zero-order valence-corrected chi connectivity index (χ0v) is 13.4. The van der Waals surface area contributed by atoms with Crippen molar-refractivity contribution in [2.75, 3.05) is 13.7 Å². The summed E-state index contributed by atoms with van der Waals surface area (Å²) in [5.74, 6) is 2.62. The summed E-state index contributed by atoms with van der Waals surface area (Å²) >= 11 is 0. The average Bonchev–Trinajstić information content (AvgIpc) is 2.52. The van der Waals surface area contributed by atoms with E-state index < -0.39 is 0 Å². The molecule has 0 radical (unpaired) electrons. The maximum Gasteiger partial charge on any atom is 0.118 e. The lowest BCUT2D eigenvalue weighted by Crippen LogP contribution is -2.46. The van der Waals surface area contributed by atoms with E-state index in [-0.39, 0.29) is 0 Å². The van der Waals surface area contributed by atoms with Gasteiger partial charge in [0.15, 0.2) is 0 Å². The third kappa shape index (κ3) is 3.01. The highest BCUT2D eigenvalue weighted by Crippen LogP contribution is 2.58. The van der Waals surface area contributed by atoms with Crippen molar-refractivity contribution in [1.82, 2.24) is 0 Å². The Balaban J connectivity index is 1.41. The number of ether oxygens (including phenoxy) is 2. The summed E-state index contributed by atoms with van der Waals surface area (Å²) < 4.78 is 11.0. The van der Waals surface area contributed by atoms with Crippen molar-refractivity contribution >= 4 is 0 Å². The van der Waals surface area contributed by atoms with Crippen LogP contribution in [0.5, 0.6) is 5.75 Å². The summed E-state index contributed by atoms with van der Waals surface area (Å²) in [6.07, 6.45) is 6.31. The molecule has 21 heavy (non-hydrogen) atoms. The highest BCUT2D eigenvalue weighted by atomic mass is 16.5. The van der Waals surface area contributed by atoms with Gasteiger partial charge < -0.3 is 9.47 Å². The molecule has 2 atom stereocenters. The van der Waals surface area contributed by atoms with E-state index in [1.54, 1.807) is 12.7 Å². The highest BCUT2D eigenvalue weighted by Gasteiger charge is 2.49. The number of hydrogen-bond donors (Lipinski definition) is 0. The second-order valence-corrected chi connectivity index (χ2v) is 7.04. The first kappa shape index (κ1) is 14.6. The summed E-state index contributed by atoms with van der Waals surface area (Å²) in [5, 5.41) is 0. The molecule has 1 aromatic rings. The van der Waals surface area contributed by atoms with Gasteiger partial charge in [-0.25, -0.2) is 0 Å². The molecule has 0 amide bonds. The Morgan fingerprint density at radius 1 is 1.19 bits per heavy atom. The quantitative estimate of drug-likeness (QED) is 0.562. The SMILES string of the molecule is COc1ccc(COCCC2=C[C@@H]3C[C@H](C2)C3(C)C)cc1. The van der Waals surface area contributed by atoms with Gasteiger partial charge in [0.2, 0.25) is 0 Å². The maximum atomic E-state index is 5.82. The van der Waals surface area contributed by atoms with Crippen LogP contribution in [0, 0.1) is 17.3 Å². The van der Waals surface area contributed by atoms with Crippen LogP contribution in [0.3, 0.4) is 0 Å². The Morgan fingerprint density at radius 2 is 1.95 bits per heavy atom.